The van der Waals surface area contributed by atoms with Crippen LogP contribution >= 0.6 is 0 Å². The van der Waals surface area contributed by atoms with Crippen molar-refractivity contribution in [2.45, 2.75) is 33.1 Å². The summed E-state index contributed by atoms with van der Waals surface area (Å²) in [5, 5.41) is 0. The molecule has 0 N–H and O–H groups in total. The molecule has 0 amide bonds. The molecule has 0 saturated carbocycles. The van der Waals surface area contributed by atoms with Gasteiger partial charge in [0.05, 0.1) is 0 Å². The molecular weight excluding hydrogens is 220 g/mol. The zero-order chi connectivity index (χ0) is 13.1. The van der Waals surface area contributed by atoms with Gasteiger partial charge in [-0.05, 0) is 36.6 Å². The van der Waals surface area contributed by atoms with Crippen LogP contribution in [-0.4, -0.2) is 38.1 Å². The highest BCUT2D eigenvalue weighted by Crippen LogP contribution is 2.29. The molecule has 0 unspecified atom stereocenters. The SMILES string of the molecule is CCc1ccc(C(C)C)c(N2CCN(C)CC2)c1. The number of piperazine rings is 1. The second-order valence-corrected chi connectivity index (χ2v) is 5.69. The van der Waals surface area contributed by atoms with Crippen LogP contribution < -0.4 is 4.90 Å². The summed E-state index contributed by atoms with van der Waals surface area (Å²) in [5.41, 5.74) is 4.42. The normalized spacial score (nSPS) is 17.5. The third kappa shape index (κ3) is 2.86. The van der Waals surface area contributed by atoms with Gasteiger partial charge in [0.25, 0.3) is 0 Å². The topological polar surface area (TPSA) is 6.48 Å². The van der Waals surface area contributed by atoms with Crippen molar-refractivity contribution in [3.8, 4) is 0 Å². The third-order valence-corrected chi connectivity index (χ3v) is 3.97. The van der Waals surface area contributed by atoms with E-state index in [0.29, 0.717) is 5.92 Å². The molecule has 1 aromatic carbocycles. The molecule has 0 bridgehead atoms. The minimum absolute atomic E-state index is 0.602. The van der Waals surface area contributed by atoms with Crippen LogP contribution in [0.25, 0.3) is 0 Å². The number of anilines is 1. The summed E-state index contributed by atoms with van der Waals surface area (Å²) in [5.74, 6) is 0.602. The fraction of sp³-hybridized carbons (Fsp3) is 0.625. The lowest BCUT2D eigenvalue weighted by molar-refractivity contribution is 0.312. The van der Waals surface area contributed by atoms with E-state index in [1.165, 1.54) is 29.9 Å². The Bertz CT molecular complexity index is 390. The van der Waals surface area contributed by atoms with E-state index < -0.39 is 0 Å². The van der Waals surface area contributed by atoms with Gasteiger partial charge in [-0.3, -0.25) is 0 Å². The number of hydrogen-bond donors (Lipinski definition) is 0. The maximum Gasteiger partial charge on any atom is 0.0405 e. The molecule has 2 rings (SSSR count). The van der Waals surface area contributed by atoms with Gasteiger partial charge in [0.15, 0.2) is 0 Å². The molecule has 1 fully saturated rings. The summed E-state index contributed by atoms with van der Waals surface area (Å²) in [6, 6.07) is 7.02. The number of hydrogen-bond acceptors (Lipinski definition) is 2. The average molecular weight is 246 g/mol. The summed E-state index contributed by atoms with van der Waals surface area (Å²) in [6.07, 6.45) is 1.12. The molecule has 0 aliphatic carbocycles. The van der Waals surface area contributed by atoms with Crippen LogP contribution in [0, 0.1) is 0 Å². The maximum atomic E-state index is 2.56. The molecule has 1 aromatic rings. The van der Waals surface area contributed by atoms with E-state index in [1.807, 2.05) is 0 Å². The first-order valence-corrected chi connectivity index (χ1v) is 7.18. The zero-order valence-corrected chi connectivity index (χ0v) is 12.2. The average Bonchev–Trinajstić information content (AvgIpc) is 2.38. The molecule has 1 aliphatic rings. The molecule has 18 heavy (non-hydrogen) atoms. The highest BCUT2D eigenvalue weighted by atomic mass is 15.2. The monoisotopic (exact) mass is 246 g/mol. The maximum absolute atomic E-state index is 2.56. The van der Waals surface area contributed by atoms with E-state index in [9.17, 15) is 0 Å². The molecule has 0 spiro atoms. The fourth-order valence-electron chi connectivity index (χ4n) is 2.62. The number of rotatable bonds is 3. The first-order chi connectivity index (χ1) is 8.61. The van der Waals surface area contributed by atoms with Crippen molar-refractivity contribution < 1.29 is 0 Å². The van der Waals surface area contributed by atoms with Crippen LogP contribution in [0.3, 0.4) is 0 Å². The summed E-state index contributed by atoms with van der Waals surface area (Å²) >= 11 is 0. The summed E-state index contributed by atoms with van der Waals surface area (Å²) in [4.78, 5) is 4.98. The molecule has 2 nitrogen and oxygen atoms in total. The van der Waals surface area contributed by atoms with Gasteiger partial charge in [-0.2, -0.15) is 0 Å². The van der Waals surface area contributed by atoms with Crippen LogP contribution in [0.15, 0.2) is 18.2 Å². The lowest BCUT2D eigenvalue weighted by atomic mass is 9.97. The Balaban J connectivity index is 2.28. The number of likely N-dealkylation sites (N-methyl/N-ethyl adjacent to an activating group) is 1. The molecule has 0 aromatic heterocycles. The molecule has 1 aliphatic heterocycles. The highest BCUT2D eigenvalue weighted by molar-refractivity contribution is 5.57. The summed E-state index contributed by atoms with van der Waals surface area (Å²) < 4.78 is 0. The predicted molar refractivity (Wildman–Crippen MR) is 79.6 cm³/mol. The van der Waals surface area contributed by atoms with Crippen molar-refractivity contribution in [3.63, 3.8) is 0 Å². The van der Waals surface area contributed by atoms with Crippen molar-refractivity contribution in [1.29, 1.82) is 0 Å². The number of nitrogens with zero attached hydrogens (tertiary/aromatic N) is 2. The molecule has 0 radical (unpaired) electrons. The van der Waals surface area contributed by atoms with Crippen LogP contribution in [-0.2, 0) is 6.42 Å². The van der Waals surface area contributed by atoms with Crippen LogP contribution in [0.1, 0.15) is 37.8 Å². The van der Waals surface area contributed by atoms with E-state index in [4.69, 9.17) is 0 Å². The smallest absolute Gasteiger partial charge is 0.0405 e. The molecule has 1 saturated heterocycles. The highest BCUT2D eigenvalue weighted by Gasteiger charge is 2.18. The van der Waals surface area contributed by atoms with Gasteiger partial charge in [0, 0.05) is 31.9 Å². The molecule has 100 valence electrons. The van der Waals surface area contributed by atoms with Gasteiger partial charge < -0.3 is 9.80 Å². The van der Waals surface area contributed by atoms with Crippen molar-refractivity contribution in [2.75, 3.05) is 38.1 Å². The van der Waals surface area contributed by atoms with Crippen LogP contribution in [0.4, 0.5) is 5.69 Å². The van der Waals surface area contributed by atoms with Gasteiger partial charge in [0.1, 0.15) is 0 Å². The number of benzene rings is 1. The van der Waals surface area contributed by atoms with E-state index in [1.54, 1.807) is 0 Å². The molecule has 1 heterocycles. The lowest BCUT2D eigenvalue weighted by Gasteiger charge is -2.36. The Morgan fingerprint density at radius 1 is 1.11 bits per heavy atom. The van der Waals surface area contributed by atoms with Crippen molar-refractivity contribution in [3.05, 3.63) is 29.3 Å². The standard InChI is InChI=1S/C16H26N2/c1-5-14-6-7-15(13(2)3)16(12-14)18-10-8-17(4)9-11-18/h6-7,12-13H,5,8-11H2,1-4H3. The van der Waals surface area contributed by atoms with E-state index >= 15 is 0 Å². The fourth-order valence-corrected chi connectivity index (χ4v) is 2.62. The second kappa shape index (κ2) is 5.75. The van der Waals surface area contributed by atoms with Gasteiger partial charge in [-0.15, -0.1) is 0 Å². The van der Waals surface area contributed by atoms with Crippen molar-refractivity contribution in [1.82, 2.24) is 4.90 Å². The number of aryl methyl sites for hydroxylation is 1. The summed E-state index contributed by atoms with van der Waals surface area (Å²) in [7, 11) is 2.21. The minimum Gasteiger partial charge on any atom is -0.369 e. The Morgan fingerprint density at radius 3 is 2.33 bits per heavy atom. The quantitative estimate of drug-likeness (QED) is 0.808. The molecule has 0 atom stereocenters. The largest absolute Gasteiger partial charge is 0.369 e. The first-order valence-electron chi connectivity index (χ1n) is 7.18. The Hall–Kier alpha value is -1.02. The van der Waals surface area contributed by atoms with E-state index in [2.05, 4.69) is 55.8 Å². The van der Waals surface area contributed by atoms with Gasteiger partial charge in [-0.25, -0.2) is 0 Å². The van der Waals surface area contributed by atoms with Crippen LogP contribution in [0.5, 0.6) is 0 Å². The minimum atomic E-state index is 0.602. The Labute approximate surface area is 112 Å². The first kappa shape index (κ1) is 13.4. The van der Waals surface area contributed by atoms with Gasteiger partial charge >= 0.3 is 0 Å². The van der Waals surface area contributed by atoms with Gasteiger partial charge in [0.2, 0.25) is 0 Å². The molecule has 2 heteroatoms. The van der Waals surface area contributed by atoms with Gasteiger partial charge in [-0.1, -0.05) is 32.9 Å². The van der Waals surface area contributed by atoms with E-state index in [0.717, 1.165) is 19.5 Å². The predicted octanol–water partition coefficient (Wildman–Crippen LogP) is 3.12. The summed E-state index contributed by atoms with van der Waals surface area (Å²) in [6.45, 7) is 11.5. The van der Waals surface area contributed by atoms with Crippen molar-refractivity contribution >= 4 is 5.69 Å². The van der Waals surface area contributed by atoms with Crippen LogP contribution in [0.2, 0.25) is 0 Å². The second-order valence-electron chi connectivity index (χ2n) is 5.69. The third-order valence-electron chi connectivity index (χ3n) is 3.97. The zero-order valence-electron chi connectivity index (χ0n) is 12.2. The van der Waals surface area contributed by atoms with E-state index in [-0.39, 0.29) is 0 Å². The Morgan fingerprint density at radius 2 is 1.78 bits per heavy atom. The van der Waals surface area contributed by atoms with Crippen molar-refractivity contribution in [2.24, 2.45) is 0 Å². The Kier molecular flexibility index (Phi) is 4.28. The lowest BCUT2D eigenvalue weighted by Crippen LogP contribution is -2.44. The molecular formula is C16H26N2.